The first-order valence-electron chi connectivity index (χ1n) is 8.00. The molecule has 2 heterocycles. The van der Waals surface area contributed by atoms with Gasteiger partial charge >= 0.3 is 6.03 Å². The van der Waals surface area contributed by atoms with Crippen LogP contribution in [0.15, 0.2) is 0 Å². The molecule has 6 heteroatoms. The maximum atomic E-state index is 12.4. The molecule has 1 aromatic heterocycles. The Morgan fingerprint density at radius 2 is 2.24 bits per heavy atom. The normalized spacial score (nSPS) is 28.0. The van der Waals surface area contributed by atoms with Crippen LogP contribution >= 0.6 is 0 Å². The van der Waals surface area contributed by atoms with Crippen LogP contribution < -0.4 is 5.32 Å². The largest absolute Gasteiger partial charge is 0.332 e. The first-order valence-corrected chi connectivity index (χ1v) is 8.00. The van der Waals surface area contributed by atoms with E-state index in [1.807, 2.05) is 18.7 Å². The van der Waals surface area contributed by atoms with Gasteiger partial charge < -0.3 is 10.2 Å². The lowest BCUT2D eigenvalue weighted by Crippen LogP contribution is -2.69. The number of hydrogen-bond donors (Lipinski definition) is 1. The van der Waals surface area contributed by atoms with Gasteiger partial charge in [0.2, 0.25) is 0 Å². The molecule has 0 unspecified atom stereocenters. The molecule has 1 saturated carbocycles. The van der Waals surface area contributed by atoms with E-state index in [4.69, 9.17) is 0 Å². The lowest BCUT2D eigenvalue weighted by Gasteiger charge is -2.59. The molecule has 0 aromatic carbocycles. The Balaban J connectivity index is 1.58. The topological polar surface area (TPSA) is 63.1 Å². The second-order valence-electron chi connectivity index (χ2n) is 6.49. The standard InChI is InChI=1S/C15H25N5O/c1-4-20-17-11(2)13(18-20)9-16-14(21)19-10-12-7-5-6-8-15(12,19)3/h12H,4-10H2,1-3H3,(H,16,21)/t12-,15-/m0/s1. The fourth-order valence-corrected chi connectivity index (χ4v) is 3.69. The number of aromatic nitrogens is 3. The van der Waals surface area contributed by atoms with E-state index in [-0.39, 0.29) is 11.6 Å². The Hall–Kier alpha value is -1.59. The number of fused-ring (bicyclic) bond motifs is 1. The highest BCUT2D eigenvalue weighted by molar-refractivity contribution is 5.76. The van der Waals surface area contributed by atoms with Gasteiger partial charge in [-0.15, -0.1) is 0 Å². The van der Waals surface area contributed by atoms with Gasteiger partial charge in [0.25, 0.3) is 0 Å². The van der Waals surface area contributed by atoms with E-state index >= 15 is 0 Å². The lowest BCUT2D eigenvalue weighted by molar-refractivity contribution is -0.0601. The molecule has 2 aliphatic rings. The van der Waals surface area contributed by atoms with Crippen molar-refractivity contribution in [3.63, 3.8) is 0 Å². The second kappa shape index (κ2) is 5.31. The zero-order valence-electron chi connectivity index (χ0n) is 13.2. The van der Waals surface area contributed by atoms with Gasteiger partial charge in [0.1, 0.15) is 5.69 Å². The predicted molar refractivity (Wildman–Crippen MR) is 79.7 cm³/mol. The Morgan fingerprint density at radius 3 is 2.90 bits per heavy atom. The molecule has 1 aliphatic carbocycles. The van der Waals surface area contributed by atoms with Gasteiger partial charge in [0.05, 0.1) is 18.8 Å². The molecular formula is C15H25N5O. The number of rotatable bonds is 3. The number of aryl methyl sites for hydroxylation is 2. The second-order valence-corrected chi connectivity index (χ2v) is 6.49. The highest BCUT2D eigenvalue weighted by Crippen LogP contribution is 2.46. The minimum absolute atomic E-state index is 0.0427. The number of carbonyl (C=O) groups is 1. The molecule has 2 atom stereocenters. The number of amides is 2. The third-order valence-corrected chi connectivity index (χ3v) is 5.24. The summed E-state index contributed by atoms with van der Waals surface area (Å²) in [5.41, 5.74) is 1.83. The SMILES string of the molecule is CCn1nc(C)c(CNC(=O)N2C[C@@H]3CCCC[C@@]32C)n1. The predicted octanol–water partition coefficient (Wildman–Crippen LogP) is 2.08. The van der Waals surface area contributed by atoms with Crippen LogP contribution in [-0.2, 0) is 13.1 Å². The Morgan fingerprint density at radius 1 is 1.43 bits per heavy atom. The van der Waals surface area contributed by atoms with Gasteiger partial charge in [-0.05, 0) is 39.5 Å². The van der Waals surface area contributed by atoms with Crippen LogP contribution in [-0.4, -0.2) is 38.0 Å². The summed E-state index contributed by atoms with van der Waals surface area (Å²) in [6, 6.07) is 0.0427. The van der Waals surface area contributed by atoms with Crippen molar-refractivity contribution in [1.29, 1.82) is 0 Å². The Bertz CT molecular complexity index is 540. The molecule has 1 saturated heterocycles. The van der Waals surface area contributed by atoms with Crippen molar-refractivity contribution in [1.82, 2.24) is 25.2 Å². The van der Waals surface area contributed by atoms with Crippen molar-refractivity contribution < 1.29 is 4.79 Å². The molecule has 1 aromatic rings. The highest BCUT2D eigenvalue weighted by atomic mass is 16.2. The van der Waals surface area contributed by atoms with Crippen molar-refractivity contribution in [3.8, 4) is 0 Å². The van der Waals surface area contributed by atoms with Gasteiger partial charge in [-0.1, -0.05) is 12.8 Å². The van der Waals surface area contributed by atoms with E-state index in [2.05, 4.69) is 22.4 Å². The molecule has 21 heavy (non-hydrogen) atoms. The Kier molecular flexibility index (Phi) is 3.63. The van der Waals surface area contributed by atoms with Gasteiger partial charge in [-0.2, -0.15) is 15.0 Å². The van der Waals surface area contributed by atoms with Crippen molar-refractivity contribution in [3.05, 3.63) is 11.4 Å². The van der Waals surface area contributed by atoms with Crippen LogP contribution in [0.25, 0.3) is 0 Å². The summed E-state index contributed by atoms with van der Waals surface area (Å²) in [4.78, 5) is 16.1. The van der Waals surface area contributed by atoms with Crippen molar-refractivity contribution in [2.45, 2.75) is 65.1 Å². The molecule has 0 bridgehead atoms. The van der Waals surface area contributed by atoms with E-state index in [1.165, 1.54) is 19.3 Å². The summed E-state index contributed by atoms with van der Waals surface area (Å²) in [5.74, 6) is 0.694. The summed E-state index contributed by atoms with van der Waals surface area (Å²) >= 11 is 0. The summed E-state index contributed by atoms with van der Waals surface area (Å²) in [6.45, 7) is 8.29. The molecule has 6 nitrogen and oxygen atoms in total. The zero-order valence-corrected chi connectivity index (χ0v) is 13.2. The van der Waals surface area contributed by atoms with Crippen LogP contribution in [0, 0.1) is 12.8 Å². The van der Waals surface area contributed by atoms with Crippen LogP contribution in [0.5, 0.6) is 0 Å². The number of nitrogens with one attached hydrogen (secondary N) is 1. The average Bonchev–Trinajstić information content (AvgIpc) is 2.82. The summed E-state index contributed by atoms with van der Waals surface area (Å²) in [6.07, 6.45) is 4.95. The lowest BCUT2D eigenvalue weighted by atomic mass is 9.66. The smallest absolute Gasteiger partial charge is 0.318 e. The number of likely N-dealkylation sites (tertiary alicyclic amines) is 1. The third kappa shape index (κ3) is 2.40. The maximum absolute atomic E-state index is 12.4. The van der Waals surface area contributed by atoms with E-state index in [9.17, 15) is 4.79 Å². The van der Waals surface area contributed by atoms with E-state index in [1.54, 1.807) is 4.80 Å². The molecule has 116 valence electrons. The van der Waals surface area contributed by atoms with E-state index in [0.29, 0.717) is 12.5 Å². The fraction of sp³-hybridized carbons (Fsp3) is 0.800. The number of nitrogens with zero attached hydrogens (tertiary/aromatic N) is 4. The van der Waals surface area contributed by atoms with Gasteiger partial charge in [-0.25, -0.2) is 4.79 Å². The zero-order chi connectivity index (χ0) is 15.0. The summed E-state index contributed by atoms with van der Waals surface area (Å²) in [5, 5.41) is 11.7. The monoisotopic (exact) mass is 291 g/mol. The van der Waals surface area contributed by atoms with Gasteiger partial charge in [0, 0.05) is 12.1 Å². The van der Waals surface area contributed by atoms with Crippen LogP contribution in [0.2, 0.25) is 0 Å². The van der Waals surface area contributed by atoms with Crippen LogP contribution in [0.3, 0.4) is 0 Å². The molecule has 1 aliphatic heterocycles. The summed E-state index contributed by atoms with van der Waals surface area (Å²) < 4.78 is 0. The summed E-state index contributed by atoms with van der Waals surface area (Å²) in [7, 11) is 0. The minimum atomic E-state index is 0.0427. The first-order chi connectivity index (χ1) is 10.0. The van der Waals surface area contributed by atoms with Crippen molar-refractivity contribution >= 4 is 6.03 Å². The minimum Gasteiger partial charge on any atom is -0.332 e. The first kappa shape index (κ1) is 14.4. The molecule has 0 spiro atoms. The van der Waals surface area contributed by atoms with Crippen LogP contribution in [0.1, 0.15) is 50.9 Å². The van der Waals surface area contributed by atoms with Gasteiger partial charge in [0.15, 0.2) is 0 Å². The highest BCUT2D eigenvalue weighted by Gasteiger charge is 2.52. The third-order valence-electron chi connectivity index (χ3n) is 5.24. The quantitative estimate of drug-likeness (QED) is 0.927. The molecule has 1 N–H and O–H groups in total. The van der Waals surface area contributed by atoms with Crippen molar-refractivity contribution in [2.75, 3.05) is 6.54 Å². The maximum Gasteiger partial charge on any atom is 0.318 e. The van der Waals surface area contributed by atoms with Gasteiger partial charge in [-0.3, -0.25) is 0 Å². The Labute approximate surface area is 125 Å². The fourth-order valence-electron chi connectivity index (χ4n) is 3.69. The van der Waals surface area contributed by atoms with E-state index in [0.717, 1.165) is 30.9 Å². The molecular weight excluding hydrogens is 266 g/mol. The van der Waals surface area contributed by atoms with E-state index < -0.39 is 0 Å². The molecule has 2 amide bonds. The molecule has 3 rings (SSSR count). The van der Waals surface area contributed by atoms with Crippen molar-refractivity contribution in [2.24, 2.45) is 5.92 Å². The van der Waals surface area contributed by atoms with Crippen LogP contribution in [0.4, 0.5) is 4.79 Å². The average molecular weight is 291 g/mol. The molecule has 0 radical (unpaired) electrons. The number of carbonyl (C=O) groups excluding carboxylic acids is 1. The number of hydrogen-bond acceptors (Lipinski definition) is 3. The number of urea groups is 1. The molecule has 2 fully saturated rings.